The average Bonchev–Trinajstić information content (AvgIpc) is 2.83. The van der Waals surface area contributed by atoms with E-state index in [1.165, 1.54) is 21.9 Å². The lowest BCUT2D eigenvalue weighted by Crippen LogP contribution is -2.27. The molecule has 1 atom stereocenters. The van der Waals surface area contributed by atoms with Gasteiger partial charge in [0.2, 0.25) is 5.04 Å². The molecule has 1 aliphatic heterocycles. The molecule has 102 valence electrons. The predicted octanol–water partition coefficient (Wildman–Crippen LogP) is 3.98. The van der Waals surface area contributed by atoms with E-state index in [1.54, 1.807) is 0 Å². The summed E-state index contributed by atoms with van der Waals surface area (Å²) in [6.07, 6.45) is 1.14. The fourth-order valence-electron chi connectivity index (χ4n) is 2.72. The second kappa shape index (κ2) is 6.27. The third-order valence-corrected chi connectivity index (χ3v) is 5.04. The van der Waals surface area contributed by atoms with Crippen LogP contribution >= 0.6 is 11.8 Å². The molecule has 0 amide bonds. The third kappa shape index (κ3) is 3.13. The summed E-state index contributed by atoms with van der Waals surface area (Å²) < 4.78 is 2.56. The van der Waals surface area contributed by atoms with E-state index in [0.717, 1.165) is 13.0 Å². The van der Waals surface area contributed by atoms with Crippen LogP contribution in [0.4, 0.5) is 0 Å². The largest absolute Gasteiger partial charge is 0.220 e. The summed E-state index contributed by atoms with van der Waals surface area (Å²) in [5.74, 6) is 1.20. The van der Waals surface area contributed by atoms with E-state index in [-0.39, 0.29) is 0 Å². The van der Waals surface area contributed by atoms with Gasteiger partial charge in [0.05, 0.1) is 5.75 Å². The highest BCUT2D eigenvalue weighted by Gasteiger charge is 2.31. The molecule has 2 heteroatoms. The van der Waals surface area contributed by atoms with E-state index < -0.39 is 0 Å². The number of hydrogen-bond acceptors (Lipinski definition) is 1. The van der Waals surface area contributed by atoms with Gasteiger partial charge in [-0.25, -0.2) is 4.58 Å². The van der Waals surface area contributed by atoms with Crippen molar-refractivity contribution in [3.8, 4) is 0 Å². The van der Waals surface area contributed by atoms with E-state index >= 15 is 0 Å². The van der Waals surface area contributed by atoms with Gasteiger partial charge in [0, 0.05) is 18.9 Å². The summed E-state index contributed by atoms with van der Waals surface area (Å²) in [6.45, 7) is 3.27. The summed E-state index contributed by atoms with van der Waals surface area (Å²) in [5.41, 5.74) is 2.83. The van der Waals surface area contributed by atoms with Crippen molar-refractivity contribution < 1.29 is 4.58 Å². The Labute approximate surface area is 125 Å². The van der Waals surface area contributed by atoms with Crippen molar-refractivity contribution in [1.29, 1.82) is 0 Å². The number of thioether (sulfide) groups is 1. The van der Waals surface area contributed by atoms with Crippen molar-refractivity contribution in [1.82, 2.24) is 0 Å². The Morgan fingerprint density at radius 3 is 2.20 bits per heavy atom. The lowest BCUT2D eigenvalue weighted by molar-refractivity contribution is -0.571. The van der Waals surface area contributed by atoms with Crippen LogP contribution < -0.4 is 0 Å². The minimum Gasteiger partial charge on any atom is -0.220 e. The van der Waals surface area contributed by atoms with Crippen LogP contribution in [0.1, 0.15) is 18.1 Å². The number of hydrogen-bond donors (Lipinski definition) is 0. The van der Waals surface area contributed by atoms with Crippen LogP contribution in [-0.2, 0) is 13.0 Å². The molecule has 0 fully saturated rings. The van der Waals surface area contributed by atoms with E-state index in [2.05, 4.69) is 72.2 Å². The minimum absolute atomic E-state index is 0.614. The maximum atomic E-state index is 2.56. The maximum Gasteiger partial charge on any atom is 0.208 e. The van der Waals surface area contributed by atoms with Crippen LogP contribution in [0.15, 0.2) is 60.7 Å². The van der Waals surface area contributed by atoms with Crippen LogP contribution in [0.3, 0.4) is 0 Å². The van der Waals surface area contributed by atoms with Gasteiger partial charge in [0.15, 0.2) is 12.6 Å². The van der Waals surface area contributed by atoms with Crippen LogP contribution in [0.5, 0.6) is 0 Å². The predicted molar refractivity (Wildman–Crippen MR) is 87.5 cm³/mol. The molecule has 1 heterocycles. The van der Waals surface area contributed by atoms with Gasteiger partial charge in [-0.3, -0.25) is 0 Å². The fourth-order valence-corrected chi connectivity index (χ4v) is 3.83. The van der Waals surface area contributed by atoms with Gasteiger partial charge in [0.1, 0.15) is 0 Å². The first-order chi connectivity index (χ1) is 9.83. The molecule has 0 radical (unpaired) electrons. The van der Waals surface area contributed by atoms with E-state index in [0.29, 0.717) is 6.04 Å². The highest BCUT2D eigenvalue weighted by atomic mass is 32.2. The second-order valence-electron chi connectivity index (χ2n) is 5.29. The zero-order valence-electron chi connectivity index (χ0n) is 11.8. The number of nitrogens with zero attached hydrogens (tertiary/aromatic N) is 1. The molecule has 0 bridgehead atoms. The lowest BCUT2D eigenvalue weighted by Gasteiger charge is -2.11. The molecule has 0 aromatic heterocycles. The van der Waals surface area contributed by atoms with E-state index in [4.69, 9.17) is 0 Å². The first-order valence-electron chi connectivity index (χ1n) is 7.14. The first kappa shape index (κ1) is 13.4. The first-order valence-corrected chi connectivity index (χ1v) is 8.12. The summed E-state index contributed by atoms with van der Waals surface area (Å²) in [4.78, 5) is 0. The highest BCUT2D eigenvalue weighted by Crippen LogP contribution is 2.22. The lowest BCUT2D eigenvalue weighted by atomic mass is 10.1. The van der Waals surface area contributed by atoms with Crippen LogP contribution in [0.25, 0.3) is 0 Å². The molecule has 0 saturated heterocycles. The van der Waals surface area contributed by atoms with Crippen LogP contribution in [0.2, 0.25) is 0 Å². The van der Waals surface area contributed by atoms with Crippen molar-refractivity contribution in [3.05, 3.63) is 71.8 Å². The van der Waals surface area contributed by atoms with Gasteiger partial charge >= 0.3 is 0 Å². The Kier molecular flexibility index (Phi) is 4.22. The molecule has 0 unspecified atom stereocenters. The molecule has 0 saturated carbocycles. The van der Waals surface area contributed by atoms with Gasteiger partial charge < -0.3 is 0 Å². The summed E-state index contributed by atoms with van der Waals surface area (Å²) in [7, 11) is 0. The van der Waals surface area contributed by atoms with Gasteiger partial charge in [-0.1, -0.05) is 72.4 Å². The summed E-state index contributed by atoms with van der Waals surface area (Å²) >= 11 is 1.99. The molecule has 2 aromatic rings. The van der Waals surface area contributed by atoms with Crippen LogP contribution in [0, 0.1) is 0 Å². The number of rotatable bonds is 4. The zero-order chi connectivity index (χ0) is 13.8. The Morgan fingerprint density at radius 2 is 1.55 bits per heavy atom. The standard InChI is InChI=1S/C18H20NS/c1-15-19(13-17-10-6-3-7-11-17)18(14-20-15)12-16-8-4-2-5-9-16/h2-11,18H,12-14H2,1H3/q+1/t18-/m0/s1. The molecular weight excluding hydrogens is 262 g/mol. The molecule has 0 N–H and O–H groups in total. The van der Waals surface area contributed by atoms with Gasteiger partial charge in [-0.15, -0.1) is 0 Å². The van der Waals surface area contributed by atoms with Gasteiger partial charge in [0.25, 0.3) is 0 Å². The molecular formula is C18H20NS+. The van der Waals surface area contributed by atoms with E-state index in [1.807, 2.05) is 11.8 Å². The molecule has 2 aromatic carbocycles. The van der Waals surface area contributed by atoms with Crippen molar-refractivity contribution in [2.75, 3.05) is 5.75 Å². The molecule has 0 aliphatic carbocycles. The smallest absolute Gasteiger partial charge is 0.208 e. The van der Waals surface area contributed by atoms with Gasteiger partial charge in [-0.05, 0) is 5.56 Å². The van der Waals surface area contributed by atoms with Crippen molar-refractivity contribution >= 4 is 16.8 Å². The fraction of sp³-hybridized carbons (Fsp3) is 0.278. The molecule has 0 spiro atoms. The van der Waals surface area contributed by atoms with Crippen molar-refractivity contribution in [2.24, 2.45) is 0 Å². The quantitative estimate of drug-likeness (QED) is 0.767. The molecule has 1 aliphatic rings. The van der Waals surface area contributed by atoms with E-state index in [9.17, 15) is 0 Å². The maximum absolute atomic E-state index is 2.56. The minimum atomic E-state index is 0.614. The Morgan fingerprint density at radius 1 is 0.950 bits per heavy atom. The van der Waals surface area contributed by atoms with Crippen LogP contribution in [-0.4, -0.2) is 21.4 Å². The highest BCUT2D eigenvalue weighted by molar-refractivity contribution is 8.13. The third-order valence-electron chi connectivity index (χ3n) is 3.84. The Balaban J connectivity index is 1.75. The summed E-state index contributed by atoms with van der Waals surface area (Å²) in [5, 5.41) is 1.45. The Hall–Kier alpha value is -1.54. The SMILES string of the molecule is CC1=[N+](Cc2ccccc2)[C@@H](Cc2ccccc2)CS1. The molecule has 3 rings (SSSR count). The average molecular weight is 282 g/mol. The van der Waals surface area contributed by atoms with Gasteiger partial charge in [-0.2, -0.15) is 0 Å². The summed E-state index contributed by atoms with van der Waals surface area (Å²) in [6, 6.07) is 22.2. The molecule has 1 nitrogen and oxygen atoms in total. The zero-order valence-corrected chi connectivity index (χ0v) is 12.6. The van der Waals surface area contributed by atoms with Crippen molar-refractivity contribution in [2.45, 2.75) is 25.9 Å². The topological polar surface area (TPSA) is 3.01 Å². The van der Waals surface area contributed by atoms with Crippen molar-refractivity contribution in [3.63, 3.8) is 0 Å². The normalized spacial score (nSPS) is 18.6. The monoisotopic (exact) mass is 282 g/mol. The number of benzene rings is 2. The second-order valence-corrected chi connectivity index (χ2v) is 6.50. The molecule has 20 heavy (non-hydrogen) atoms. The Bertz CT molecular complexity index is 589.